The number of likely N-dealkylation sites (N-methyl/N-ethyl adjacent to an activating group) is 1. The van der Waals surface area contributed by atoms with Crippen molar-refractivity contribution in [2.45, 2.75) is 31.9 Å². The third kappa shape index (κ3) is 2.44. The number of aliphatic hydroxyl groups excluding tert-OH is 1. The lowest BCUT2D eigenvalue weighted by atomic mass is 10.1. The first kappa shape index (κ1) is 9.96. The van der Waals surface area contributed by atoms with Crippen molar-refractivity contribution in [2.24, 2.45) is 0 Å². The molecule has 72 valence electrons. The predicted octanol–water partition coefficient (Wildman–Crippen LogP) is 0.478. The second-order valence-corrected chi connectivity index (χ2v) is 3.49. The van der Waals surface area contributed by atoms with Gasteiger partial charge in [0.25, 0.3) is 0 Å². The second kappa shape index (κ2) is 4.80. The molecule has 1 saturated heterocycles. The number of nitrogens with zero attached hydrogens (tertiary/aromatic N) is 1. The van der Waals surface area contributed by atoms with E-state index in [1.807, 2.05) is 0 Å². The molecule has 0 spiro atoms. The monoisotopic (exact) mass is 173 g/mol. The zero-order valence-corrected chi connectivity index (χ0v) is 7.99. The van der Waals surface area contributed by atoms with Crippen molar-refractivity contribution in [3.05, 3.63) is 0 Å². The molecule has 0 aliphatic carbocycles. The minimum atomic E-state index is 0.284. The Morgan fingerprint density at radius 1 is 1.58 bits per heavy atom. The van der Waals surface area contributed by atoms with Gasteiger partial charge in [0.15, 0.2) is 0 Å². The fourth-order valence-electron chi connectivity index (χ4n) is 1.79. The van der Waals surface area contributed by atoms with E-state index in [2.05, 4.69) is 18.9 Å². The van der Waals surface area contributed by atoms with E-state index in [9.17, 15) is 0 Å². The smallest absolute Gasteiger partial charge is 0.0702 e. The molecule has 0 aromatic carbocycles. The highest BCUT2D eigenvalue weighted by molar-refractivity contribution is 4.80. The largest absolute Gasteiger partial charge is 0.396 e. The van der Waals surface area contributed by atoms with Gasteiger partial charge in [0.05, 0.1) is 6.10 Å². The second-order valence-electron chi connectivity index (χ2n) is 3.49. The van der Waals surface area contributed by atoms with E-state index in [1.54, 1.807) is 0 Å². The maximum atomic E-state index is 8.67. The lowest BCUT2D eigenvalue weighted by Crippen LogP contribution is -2.37. The highest BCUT2D eigenvalue weighted by atomic mass is 16.5. The molecule has 0 saturated carbocycles. The molecule has 1 fully saturated rings. The van der Waals surface area contributed by atoms with E-state index < -0.39 is 0 Å². The molecule has 3 nitrogen and oxygen atoms in total. The molecule has 0 amide bonds. The van der Waals surface area contributed by atoms with E-state index in [0.29, 0.717) is 12.1 Å². The molecule has 0 aromatic heterocycles. The Balaban J connectivity index is 2.25. The minimum absolute atomic E-state index is 0.284. The van der Waals surface area contributed by atoms with Gasteiger partial charge in [-0.2, -0.15) is 0 Å². The molecule has 2 unspecified atom stereocenters. The summed E-state index contributed by atoms with van der Waals surface area (Å²) < 4.78 is 5.46. The van der Waals surface area contributed by atoms with Crippen molar-refractivity contribution in [3.63, 3.8) is 0 Å². The first-order valence-electron chi connectivity index (χ1n) is 4.68. The van der Waals surface area contributed by atoms with Gasteiger partial charge in [-0.1, -0.05) is 0 Å². The van der Waals surface area contributed by atoms with Crippen LogP contribution in [0.15, 0.2) is 0 Å². The van der Waals surface area contributed by atoms with Gasteiger partial charge in [-0.05, 0) is 26.8 Å². The van der Waals surface area contributed by atoms with E-state index in [4.69, 9.17) is 9.84 Å². The van der Waals surface area contributed by atoms with E-state index in [0.717, 1.165) is 26.0 Å². The normalized spacial score (nSPS) is 30.0. The molecule has 0 aromatic rings. The highest BCUT2D eigenvalue weighted by Gasteiger charge is 2.27. The molecule has 1 aliphatic heterocycles. The van der Waals surface area contributed by atoms with Crippen molar-refractivity contribution in [3.8, 4) is 0 Å². The van der Waals surface area contributed by atoms with Crippen molar-refractivity contribution in [2.75, 3.05) is 26.8 Å². The summed E-state index contributed by atoms with van der Waals surface area (Å²) in [7, 11) is 2.10. The van der Waals surface area contributed by atoms with Crippen LogP contribution < -0.4 is 0 Å². The molecule has 0 radical (unpaired) electrons. The SMILES string of the molecule is CC1OCCC1N(C)CCCO. The summed E-state index contributed by atoms with van der Waals surface area (Å²) in [5.41, 5.74) is 0. The van der Waals surface area contributed by atoms with Crippen LogP contribution in [0.4, 0.5) is 0 Å². The summed E-state index contributed by atoms with van der Waals surface area (Å²) in [6.45, 7) is 4.25. The van der Waals surface area contributed by atoms with Crippen LogP contribution in [0.5, 0.6) is 0 Å². The fourth-order valence-corrected chi connectivity index (χ4v) is 1.79. The molecule has 1 rings (SSSR count). The van der Waals surface area contributed by atoms with Crippen LogP contribution in [0.25, 0.3) is 0 Å². The molecular weight excluding hydrogens is 154 g/mol. The Morgan fingerprint density at radius 2 is 2.33 bits per heavy atom. The predicted molar refractivity (Wildman–Crippen MR) is 48.2 cm³/mol. The molecule has 1 aliphatic rings. The topological polar surface area (TPSA) is 32.7 Å². The molecule has 3 heteroatoms. The lowest BCUT2D eigenvalue weighted by Gasteiger charge is -2.26. The van der Waals surface area contributed by atoms with Gasteiger partial charge in [0, 0.05) is 25.8 Å². The van der Waals surface area contributed by atoms with Crippen molar-refractivity contribution in [1.82, 2.24) is 4.90 Å². The molecule has 2 atom stereocenters. The third-order valence-corrected chi connectivity index (χ3v) is 2.57. The van der Waals surface area contributed by atoms with Crippen molar-refractivity contribution < 1.29 is 9.84 Å². The summed E-state index contributed by atoms with van der Waals surface area (Å²) in [6.07, 6.45) is 2.34. The number of hydrogen-bond acceptors (Lipinski definition) is 3. The highest BCUT2D eigenvalue weighted by Crippen LogP contribution is 2.17. The zero-order valence-electron chi connectivity index (χ0n) is 7.99. The van der Waals surface area contributed by atoms with Crippen LogP contribution >= 0.6 is 0 Å². The average Bonchev–Trinajstić information content (AvgIpc) is 2.47. The standard InChI is InChI=1S/C9H19NO2/c1-8-9(4-7-12-8)10(2)5-3-6-11/h8-9,11H,3-7H2,1-2H3. The Morgan fingerprint density at radius 3 is 2.83 bits per heavy atom. The maximum Gasteiger partial charge on any atom is 0.0702 e. The number of aliphatic hydroxyl groups is 1. The van der Waals surface area contributed by atoms with Crippen LogP contribution in [0, 0.1) is 0 Å². The quantitative estimate of drug-likeness (QED) is 0.671. The van der Waals surface area contributed by atoms with Gasteiger partial charge in [0.1, 0.15) is 0 Å². The molecule has 1 N–H and O–H groups in total. The van der Waals surface area contributed by atoms with Gasteiger partial charge in [-0.25, -0.2) is 0 Å². The van der Waals surface area contributed by atoms with Gasteiger partial charge in [-0.15, -0.1) is 0 Å². The summed E-state index contributed by atoms with van der Waals surface area (Å²) in [5.74, 6) is 0. The summed E-state index contributed by atoms with van der Waals surface area (Å²) in [6, 6.07) is 0.552. The number of rotatable bonds is 4. The van der Waals surface area contributed by atoms with Crippen LogP contribution in [0.2, 0.25) is 0 Å². The van der Waals surface area contributed by atoms with Gasteiger partial charge in [0.2, 0.25) is 0 Å². The first-order chi connectivity index (χ1) is 5.75. The van der Waals surface area contributed by atoms with Crippen LogP contribution in [-0.2, 0) is 4.74 Å². The van der Waals surface area contributed by atoms with Gasteiger partial charge >= 0.3 is 0 Å². The Hall–Kier alpha value is -0.120. The van der Waals surface area contributed by atoms with Crippen LogP contribution in [0.3, 0.4) is 0 Å². The minimum Gasteiger partial charge on any atom is -0.396 e. The lowest BCUT2D eigenvalue weighted by molar-refractivity contribution is 0.0814. The van der Waals surface area contributed by atoms with Crippen molar-refractivity contribution in [1.29, 1.82) is 0 Å². The third-order valence-electron chi connectivity index (χ3n) is 2.57. The van der Waals surface area contributed by atoms with E-state index >= 15 is 0 Å². The first-order valence-corrected chi connectivity index (χ1v) is 4.68. The molecule has 0 bridgehead atoms. The summed E-state index contributed by atoms with van der Waals surface area (Å²) in [5, 5.41) is 8.67. The average molecular weight is 173 g/mol. The Bertz CT molecular complexity index is 130. The fraction of sp³-hybridized carbons (Fsp3) is 1.00. The molecule has 1 heterocycles. The Labute approximate surface area is 74.3 Å². The van der Waals surface area contributed by atoms with E-state index in [-0.39, 0.29) is 6.61 Å². The van der Waals surface area contributed by atoms with Gasteiger partial charge < -0.3 is 14.7 Å². The Kier molecular flexibility index (Phi) is 3.98. The van der Waals surface area contributed by atoms with Crippen LogP contribution in [-0.4, -0.2) is 49.0 Å². The van der Waals surface area contributed by atoms with Gasteiger partial charge in [-0.3, -0.25) is 0 Å². The van der Waals surface area contributed by atoms with Crippen LogP contribution in [0.1, 0.15) is 19.8 Å². The zero-order chi connectivity index (χ0) is 8.97. The molecular formula is C9H19NO2. The summed E-state index contributed by atoms with van der Waals surface area (Å²) >= 11 is 0. The number of ether oxygens (including phenoxy) is 1. The summed E-state index contributed by atoms with van der Waals surface area (Å²) in [4.78, 5) is 2.29. The maximum absolute atomic E-state index is 8.67. The van der Waals surface area contributed by atoms with E-state index in [1.165, 1.54) is 0 Å². The van der Waals surface area contributed by atoms with Crippen molar-refractivity contribution >= 4 is 0 Å². The molecule has 12 heavy (non-hydrogen) atoms. The number of hydrogen-bond donors (Lipinski definition) is 1.